The summed E-state index contributed by atoms with van der Waals surface area (Å²) in [5.41, 5.74) is 2.66. The van der Waals surface area contributed by atoms with Crippen LogP contribution in [0.25, 0.3) is 20.5 Å². The monoisotopic (exact) mass is 517 g/mol. The predicted molar refractivity (Wildman–Crippen MR) is 121 cm³/mol. The van der Waals surface area contributed by atoms with Crippen molar-refractivity contribution in [2.24, 2.45) is 0 Å². The molecule has 0 saturated carbocycles. The fraction of sp³-hybridized carbons (Fsp3) is 0.333. The Morgan fingerprint density at radius 3 is 2.40 bits per heavy atom. The van der Waals surface area contributed by atoms with Gasteiger partial charge < -0.3 is 9.47 Å². The Morgan fingerprint density at radius 1 is 1.06 bits per heavy atom. The number of carbonyl (C=O) groups is 1. The van der Waals surface area contributed by atoms with Gasteiger partial charge in [0.25, 0.3) is 0 Å². The summed E-state index contributed by atoms with van der Waals surface area (Å²) in [5.74, 6) is -18.1. The first-order chi connectivity index (χ1) is 16.3. The standard InChI is InChI=1S/C24H21F6NO3S/c1-4-18-17(9-6-14(3)31-18)20-10-15-7-8-16(11-19(15)35-20)33-12-22(25,26)24(29,30)23(27,28)13-34-21(32)5-2/h5-11H,2,4,12-13H2,1,3H3. The van der Waals surface area contributed by atoms with Crippen LogP contribution in [0.15, 0.2) is 49.1 Å². The molecule has 0 bridgehead atoms. The van der Waals surface area contributed by atoms with E-state index in [0.29, 0.717) is 17.2 Å². The van der Waals surface area contributed by atoms with Crippen LogP contribution in [0.5, 0.6) is 5.75 Å². The number of fused-ring (bicyclic) bond motifs is 1. The fourth-order valence-electron chi connectivity index (χ4n) is 3.18. The molecule has 2 aromatic heterocycles. The number of alkyl halides is 6. The third-order valence-electron chi connectivity index (χ3n) is 5.11. The van der Waals surface area contributed by atoms with Crippen molar-refractivity contribution in [1.82, 2.24) is 4.98 Å². The molecule has 0 fully saturated rings. The first-order valence-corrected chi connectivity index (χ1v) is 11.2. The second-order valence-corrected chi connectivity index (χ2v) is 8.78. The first kappa shape index (κ1) is 26.5. The van der Waals surface area contributed by atoms with E-state index in [-0.39, 0.29) is 5.75 Å². The van der Waals surface area contributed by atoms with Crippen molar-refractivity contribution < 1.29 is 40.6 Å². The van der Waals surface area contributed by atoms with Gasteiger partial charge in [-0.15, -0.1) is 11.3 Å². The smallest absolute Gasteiger partial charge is 0.378 e. The topological polar surface area (TPSA) is 48.4 Å². The Hall–Kier alpha value is -3.08. The van der Waals surface area contributed by atoms with E-state index >= 15 is 0 Å². The van der Waals surface area contributed by atoms with E-state index in [0.717, 1.165) is 27.2 Å². The zero-order valence-corrected chi connectivity index (χ0v) is 19.5. The number of esters is 1. The molecular formula is C24H21F6NO3S. The maximum absolute atomic E-state index is 14.1. The molecule has 0 aliphatic rings. The molecule has 35 heavy (non-hydrogen) atoms. The van der Waals surface area contributed by atoms with Gasteiger partial charge in [-0.3, -0.25) is 4.98 Å². The molecule has 3 rings (SSSR count). The molecule has 0 saturated heterocycles. The molecule has 0 atom stereocenters. The minimum absolute atomic E-state index is 0.194. The van der Waals surface area contributed by atoms with Gasteiger partial charge in [0.05, 0.1) is 0 Å². The molecule has 188 valence electrons. The van der Waals surface area contributed by atoms with Crippen LogP contribution in [0.3, 0.4) is 0 Å². The molecule has 4 nitrogen and oxygen atoms in total. The second-order valence-electron chi connectivity index (χ2n) is 7.69. The number of aromatic nitrogens is 1. The average molecular weight is 517 g/mol. The summed E-state index contributed by atoms with van der Waals surface area (Å²) in [6, 6.07) is 9.88. The molecule has 0 aliphatic heterocycles. The van der Waals surface area contributed by atoms with E-state index in [1.807, 2.05) is 32.0 Å². The van der Waals surface area contributed by atoms with Gasteiger partial charge in [0, 0.05) is 32.6 Å². The Balaban J connectivity index is 1.78. The fourth-order valence-corrected chi connectivity index (χ4v) is 4.32. The van der Waals surface area contributed by atoms with Gasteiger partial charge in [0.2, 0.25) is 0 Å². The molecule has 0 N–H and O–H groups in total. The lowest BCUT2D eigenvalue weighted by molar-refractivity contribution is -0.322. The van der Waals surface area contributed by atoms with Crippen molar-refractivity contribution in [3.05, 3.63) is 60.4 Å². The van der Waals surface area contributed by atoms with E-state index in [2.05, 4.69) is 16.3 Å². The van der Waals surface area contributed by atoms with E-state index < -0.39 is 37.0 Å². The molecule has 0 spiro atoms. The number of pyridine rings is 1. The largest absolute Gasteiger partial charge is 0.487 e. The number of hydrogen-bond acceptors (Lipinski definition) is 5. The minimum atomic E-state index is -5.85. The Morgan fingerprint density at radius 2 is 1.74 bits per heavy atom. The molecule has 0 aliphatic carbocycles. The lowest BCUT2D eigenvalue weighted by atomic mass is 10.1. The molecular weight excluding hydrogens is 496 g/mol. The highest BCUT2D eigenvalue weighted by Gasteiger charge is 2.72. The molecule has 0 unspecified atom stereocenters. The lowest BCUT2D eigenvalue weighted by Gasteiger charge is -2.32. The van der Waals surface area contributed by atoms with Crippen molar-refractivity contribution in [3.8, 4) is 16.2 Å². The van der Waals surface area contributed by atoms with Crippen LogP contribution < -0.4 is 4.74 Å². The van der Waals surface area contributed by atoms with Gasteiger partial charge in [-0.25, -0.2) is 4.79 Å². The van der Waals surface area contributed by atoms with Crippen LogP contribution in [0.1, 0.15) is 18.3 Å². The van der Waals surface area contributed by atoms with Crippen LogP contribution in [0.2, 0.25) is 0 Å². The number of nitrogens with zero attached hydrogens (tertiary/aromatic N) is 1. The predicted octanol–water partition coefficient (Wildman–Crippen LogP) is 6.85. The summed E-state index contributed by atoms with van der Waals surface area (Å²) in [4.78, 5) is 16.2. The average Bonchev–Trinajstić information content (AvgIpc) is 3.24. The van der Waals surface area contributed by atoms with Gasteiger partial charge >= 0.3 is 23.7 Å². The quantitative estimate of drug-likeness (QED) is 0.168. The summed E-state index contributed by atoms with van der Waals surface area (Å²) in [6.45, 7) is 2.50. The van der Waals surface area contributed by atoms with Crippen molar-refractivity contribution in [3.63, 3.8) is 0 Å². The number of thiophene rings is 1. The van der Waals surface area contributed by atoms with Crippen molar-refractivity contribution in [2.45, 2.75) is 38.0 Å². The lowest BCUT2D eigenvalue weighted by Crippen LogP contribution is -2.58. The molecule has 1 aromatic carbocycles. The number of hydrogen-bond donors (Lipinski definition) is 0. The van der Waals surface area contributed by atoms with Crippen molar-refractivity contribution in [2.75, 3.05) is 13.2 Å². The number of aryl methyl sites for hydroxylation is 2. The Labute approximate surface area is 201 Å². The molecule has 2 heterocycles. The SMILES string of the molecule is C=CC(=O)OCC(F)(F)C(F)(F)C(F)(F)COc1ccc2cc(-c3ccc(C)nc3CC)sc2c1. The summed E-state index contributed by atoms with van der Waals surface area (Å²) in [6.07, 6.45) is 1.14. The second kappa shape index (κ2) is 9.88. The maximum atomic E-state index is 14.1. The summed E-state index contributed by atoms with van der Waals surface area (Å²) in [5, 5.41) is 0.757. The van der Waals surface area contributed by atoms with Crippen LogP contribution in [0, 0.1) is 6.92 Å². The third kappa shape index (κ3) is 5.44. The molecule has 0 radical (unpaired) electrons. The van der Waals surface area contributed by atoms with Crippen molar-refractivity contribution in [1.29, 1.82) is 0 Å². The summed E-state index contributed by atoms with van der Waals surface area (Å²) in [7, 11) is 0. The summed E-state index contributed by atoms with van der Waals surface area (Å²) < 4.78 is 93.0. The van der Waals surface area contributed by atoms with Crippen LogP contribution in [0.4, 0.5) is 26.3 Å². The third-order valence-corrected chi connectivity index (χ3v) is 6.24. The molecule has 11 heteroatoms. The first-order valence-electron chi connectivity index (χ1n) is 10.4. The minimum Gasteiger partial charge on any atom is -0.487 e. The van der Waals surface area contributed by atoms with Gasteiger partial charge in [-0.05, 0) is 55.1 Å². The summed E-state index contributed by atoms with van der Waals surface area (Å²) >= 11 is 1.32. The van der Waals surface area contributed by atoms with E-state index in [4.69, 9.17) is 4.74 Å². The number of carbonyl (C=O) groups excluding carboxylic acids is 1. The number of halogens is 6. The highest BCUT2D eigenvalue weighted by atomic mass is 32.1. The van der Waals surface area contributed by atoms with Crippen LogP contribution >= 0.6 is 11.3 Å². The Bertz CT molecular complexity index is 1240. The Kier molecular flexibility index (Phi) is 7.49. The molecule has 0 amide bonds. The normalized spacial score (nSPS) is 12.6. The van der Waals surface area contributed by atoms with Gasteiger partial charge in [-0.2, -0.15) is 26.3 Å². The number of benzene rings is 1. The number of ether oxygens (including phenoxy) is 2. The van der Waals surface area contributed by atoms with Crippen LogP contribution in [-0.4, -0.2) is 41.9 Å². The van der Waals surface area contributed by atoms with Crippen molar-refractivity contribution >= 4 is 27.4 Å². The van der Waals surface area contributed by atoms with E-state index in [9.17, 15) is 31.1 Å². The van der Waals surface area contributed by atoms with Crippen LogP contribution in [-0.2, 0) is 16.0 Å². The number of rotatable bonds is 10. The van der Waals surface area contributed by atoms with Gasteiger partial charge in [0.1, 0.15) is 5.75 Å². The maximum Gasteiger partial charge on any atom is 0.378 e. The molecule has 3 aromatic rings. The van der Waals surface area contributed by atoms with Gasteiger partial charge in [-0.1, -0.05) is 13.5 Å². The zero-order valence-electron chi connectivity index (χ0n) is 18.7. The highest BCUT2D eigenvalue weighted by Crippen LogP contribution is 2.46. The van der Waals surface area contributed by atoms with Gasteiger partial charge in [0.15, 0.2) is 13.2 Å². The highest BCUT2D eigenvalue weighted by molar-refractivity contribution is 7.22. The van der Waals surface area contributed by atoms with E-state index in [1.54, 1.807) is 6.07 Å². The zero-order chi connectivity index (χ0) is 26.0. The van der Waals surface area contributed by atoms with E-state index in [1.165, 1.54) is 23.5 Å².